The van der Waals surface area contributed by atoms with E-state index in [2.05, 4.69) is 23.1 Å². The molecule has 0 N–H and O–H groups in total. The van der Waals surface area contributed by atoms with E-state index in [1.165, 1.54) is 11.1 Å². The summed E-state index contributed by atoms with van der Waals surface area (Å²) in [5.74, 6) is 0.794. The minimum absolute atomic E-state index is 0.277. The van der Waals surface area contributed by atoms with Gasteiger partial charge >= 0.3 is 0 Å². The Labute approximate surface area is 124 Å². The van der Waals surface area contributed by atoms with E-state index in [1.807, 2.05) is 42.6 Å². The number of ether oxygens (including phenoxy) is 1. The summed E-state index contributed by atoms with van der Waals surface area (Å²) in [6.45, 7) is 0.738. The summed E-state index contributed by atoms with van der Waals surface area (Å²) >= 11 is 0. The van der Waals surface area contributed by atoms with Crippen molar-refractivity contribution in [2.24, 2.45) is 0 Å². The lowest BCUT2D eigenvalue weighted by molar-refractivity contribution is -0.111. The van der Waals surface area contributed by atoms with E-state index < -0.39 is 0 Å². The van der Waals surface area contributed by atoms with Gasteiger partial charge in [0.05, 0.1) is 7.11 Å². The monoisotopic (exact) mass is 279 g/mol. The van der Waals surface area contributed by atoms with Gasteiger partial charge in [0.15, 0.2) is 0 Å². The van der Waals surface area contributed by atoms with Gasteiger partial charge in [-0.05, 0) is 34.9 Å². The van der Waals surface area contributed by atoms with Crippen LogP contribution in [-0.4, -0.2) is 18.3 Å². The van der Waals surface area contributed by atoms with Crippen molar-refractivity contribution in [3.63, 3.8) is 0 Å². The van der Waals surface area contributed by atoms with Crippen molar-refractivity contribution in [2.45, 2.75) is 12.6 Å². The minimum atomic E-state index is -0.277. The number of aldehydes is 1. The molecular formula is C18H17NO2. The normalized spacial score (nSPS) is 14.4. The molecule has 1 aliphatic rings. The minimum Gasteiger partial charge on any atom is -0.497 e. The van der Waals surface area contributed by atoms with E-state index in [0.29, 0.717) is 0 Å². The maximum Gasteiger partial charge on any atom is 0.146 e. The molecule has 0 fully saturated rings. The van der Waals surface area contributed by atoms with Crippen LogP contribution in [0.5, 0.6) is 5.75 Å². The third-order valence-electron chi connectivity index (χ3n) is 3.80. The standard InChI is InChI=1S/C18H17NO2/c1-21-17-8-6-15(7-9-17)18(13-20)19-11-10-14-4-2-3-5-16(14)12-19/h2-11,13,18H,12H2,1H3. The summed E-state index contributed by atoms with van der Waals surface area (Å²) in [6, 6.07) is 15.6. The first kappa shape index (κ1) is 13.4. The Bertz CT molecular complexity index is 661. The topological polar surface area (TPSA) is 29.5 Å². The maximum absolute atomic E-state index is 11.6. The van der Waals surface area contributed by atoms with E-state index in [0.717, 1.165) is 24.1 Å². The molecule has 3 nitrogen and oxygen atoms in total. The zero-order chi connectivity index (χ0) is 14.7. The fourth-order valence-corrected chi connectivity index (χ4v) is 2.61. The molecule has 106 valence electrons. The molecule has 3 rings (SSSR count). The molecule has 0 amide bonds. The first-order valence-corrected chi connectivity index (χ1v) is 6.93. The van der Waals surface area contributed by atoms with Crippen molar-refractivity contribution in [2.75, 3.05) is 7.11 Å². The van der Waals surface area contributed by atoms with Crippen LogP contribution in [0.4, 0.5) is 0 Å². The molecule has 3 heteroatoms. The van der Waals surface area contributed by atoms with E-state index in [1.54, 1.807) is 7.11 Å². The maximum atomic E-state index is 11.6. The predicted octanol–water partition coefficient (Wildman–Crippen LogP) is 3.42. The average Bonchev–Trinajstić information content (AvgIpc) is 2.56. The molecule has 0 saturated carbocycles. The van der Waals surface area contributed by atoms with Gasteiger partial charge < -0.3 is 14.4 Å². The van der Waals surface area contributed by atoms with Crippen molar-refractivity contribution in [3.8, 4) is 5.75 Å². The molecule has 0 aromatic heterocycles. The van der Waals surface area contributed by atoms with Crippen molar-refractivity contribution in [3.05, 3.63) is 71.4 Å². The Morgan fingerprint density at radius 3 is 2.62 bits per heavy atom. The second-order valence-corrected chi connectivity index (χ2v) is 5.04. The number of hydrogen-bond donors (Lipinski definition) is 0. The van der Waals surface area contributed by atoms with Crippen molar-refractivity contribution >= 4 is 12.4 Å². The SMILES string of the molecule is COc1ccc(C(C=O)N2C=Cc3ccccc3C2)cc1. The van der Waals surface area contributed by atoms with Crippen LogP contribution in [0.1, 0.15) is 22.7 Å². The Morgan fingerprint density at radius 2 is 1.90 bits per heavy atom. The molecule has 1 aliphatic heterocycles. The molecule has 2 aromatic carbocycles. The molecule has 0 aliphatic carbocycles. The first-order valence-electron chi connectivity index (χ1n) is 6.93. The molecule has 0 spiro atoms. The Hall–Kier alpha value is -2.55. The van der Waals surface area contributed by atoms with Crippen LogP contribution in [0.15, 0.2) is 54.7 Å². The highest BCUT2D eigenvalue weighted by molar-refractivity contribution is 5.64. The number of nitrogens with zero attached hydrogens (tertiary/aromatic N) is 1. The van der Waals surface area contributed by atoms with Gasteiger partial charge in [-0.15, -0.1) is 0 Å². The van der Waals surface area contributed by atoms with Gasteiger partial charge in [-0.1, -0.05) is 36.4 Å². The van der Waals surface area contributed by atoms with Crippen LogP contribution in [0.2, 0.25) is 0 Å². The predicted molar refractivity (Wildman–Crippen MR) is 82.8 cm³/mol. The van der Waals surface area contributed by atoms with Crippen LogP contribution >= 0.6 is 0 Å². The van der Waals surface area contributed by atoms with Gasteiger partial charge in [-0.2, -0.15) is 0 Å². The number of hydrogen-bond acceptors (Lipinski definition) is 3. The highest BCUT2D eigenvalue weighted by Gasteiger charge is 2.20. The number of fused-ring (bicyclic) bond motifs is 1. The Morgan fingerprint density at radius 1 is 1.14 bits per heavy atom. The number of methoxy groups -OCH3 is 1. The molecule has 1 atom stereocenters. The lowest BCUT2D eigenvalue weighted by Gasteiger charge is -2.30. The van der Waals surface area contributed by atoms with Crippen molar-refractivity contribution < 1.29 is 9.53 Å². The van der Waals surface area contributed by atoms with Crippen LogP contribution in [0.25, 0.3) is 6.08 Å². The summed E-state index contributed by atoms with van der Waals surface area (Å²) in [4.78, 5) is 13.6. The molecular weight excluding hydrogens is 262 g/mol. The molecule has 1 unspecified atom stereocenters. The van der Waals surface area contributed by atoms with Crippen molar-refractivity contribution in [1.29, 1.82) is 0 Å². The van der Waals surface area contributed by atoms with Gasteiger partial charge in [-0.3, -0.25) is 0 Å². The van der Waals surface area contributed by atoms with E-state index in [4.69, 9.17) is 4.74 Å². The first-order chi connectivity index (χ1) is 10.3. The smallest absolute Gasteiger partial charge is 0.146 e. The largest absolute Gasteiger partial charge is 0.497 e. The third kappa shape index (κ3) is 2.68. The Kier molecular flexibility index (Phi) is 3.73. The van der Waals surface area contributed by atoms with E-state index in [-0.39, 0.29) is 6.04 Å². The highest BCUT2D eigenvalue weighted by atomic mass is 16.5. The molecule has 0 saturated heterocycles. The van der Waals surface area contributed by atoms with E-state index in [9.17, 15) is 4.79 Å². The summed E-state index contributed by atoms with van der Waals surface area (Å²) < 4.78 is 5.16. The number of carbonyl (C=O) groups is 1. The van der Waals surface area contributed by atoms with E-state index >= 15 is 0 Å². The molecule has 0 radical (unpaired) electrons. The molecule has 21 heavy (non-hydrogen) atoms. The summed E-state index contributed by atoms with van der Waals surface area (Å²) in [5, 5.41) is 0. The number of rotatable bonds is 4. The Balaban J connectivity index is 1.86. The average molecular weight is 279 g/mol. The zero-order valence-electron chi connectivity index (χ0n) is 11.9. The lowest BCUT2D eigenvalue weighted by atomic mass is 10.0. The molecule has 0 bridgehead atoms. The zero-order valence-corrected chi connectivity index (χ0v) is 11.9. The summed E-state index contributed by atoms with van der Waals surface area (Å²) in [7, 11) is 1.64. The molecule has 1 heterocycles. The molecule has 2 aromatic rings. The van der Waals surface area contributed by atoms with Crippen LogP contribution in [0, 0.1) is 0 Å². The van der Waals surface area contributed by atoms with Crippen LogP contribution < -0.4 is 4.74 Å². The second-order valence-electron chi connectivity index (χ2n) is 5.04. The second kappa shape index (κ2) is 5.83. The van der Waals surface area contributed by atoms with Gasteiger partial charge in [0.25, 0.3) is 0 Å². The summed E-state index contributed by atoms with van der Waals surface area (Å²) in [5.41, 5.74) is 3.42. The van der Waals surface area contributed by atoms with Crippen molar-refractivity contribution in [1.82, 2.24) is 4.90 Å². The van der Waals surface area contributed by atoms with Gasteiger partial charge in [-0.25, -0.2) is 0 Å². The highest BCUT2D eigenvalue weighted by Crippen LogP contribution is 2.28. The number of benzene rings is 2. The fourth-order valence-electron chi connectivity index (χ4n) is 2.61. The van der Waals surface area contributed by atoms with Gasteiger partial charge in [0.2, 0.25) is 0 Å². The van der Waals surface area contributed by atoms with Gasteiger partial charge in [0.1, 0.15) is 18.1 Å². The number of carbonyl (C=O) groups excluding carboxylic acids is 1. The van der Waals surface area contributed by atoms with Crippen LogP contribution in [0.3, 0.4) is 0 Å². The summed E-state index contributed by atoms with van der Waals surface area (Å²) in [6.07, 6.45) is 5.03. The van der Waals surface area contributed by atoms with Crippen LogP contribution in [-0.2, 0) is 11.3 Å². The van der Waals surface area contributed by atoms with Gasteiger partial charge in [0, 0.05) is 12.7 Å². The fraction of sp³-hybridized carbons (Fsp3) is 0.167. The third-order valence-corrected chi connectivity index (χ3v) is 3.80. The lowest BCUT2D eigenvalue weighted by Crippen LogP contribution is -2.26. The quantitative estimate of drug-likeness (QED) is 0.803.